The van der Waals surface area contributed by atoms with Crippen molar-refractivity contribution >= 4 is 22.8 Å². The number of carbonyl (C=O) groups is 2. The minimum atomic E-state index is -0.959. The van der Waals surface area contributed by atoms with Gasteiger partial charge in [0.25, 0.3) is 0 Å². The molecule has 24 heavy (non-hydrogen) atoms. The number of aromatic nitrogens is 1. The van der Waals surface area contributed by atoms with Gasteiger partial charge in [0.2, 0.25) is 0 Å². The molecule has 1 heterocycles. The number of aliphatic carboxylic acids is 1. The molecule has 128 valence electrons. The molecule has 0 bridgehead atoms. The predicted octanol–water partition coefficient (Wildman–Crippen LogP) is 3.58. The molecule has 0 fully saturated rings. The summed E-state index contributed by atoms with van der Waals surface area (Å²) in [6.45, 7) is 6.59. The Morgan fingerprint density at radius 3 is 2.54 bits per heavy atom. The summed E-state index contributed by atoms with van der Waals surface area (Å²) in [6, 6.07) is 4.99. The SMILES string of the molecule is CC(C)(C)C1CCc2c(c3cc(C(=O)O)ccc3n2CC(=O)O)C1. The first-order valence-corrected chi connectivity index (χ1v) is 8.27. The molecule has 0 aliphatic heterocycles. The Labute approximate surface area is 140 Å². The summed E-state index contributed by atoms with van der Waals surface area (Å²) in [7, 11) is 0. The normalized spacial score (nSPS) is 17.7. The molecule has 0 amide bonds. The van der Waals surface area contributed by atoms with Crippen molar-refractivity contribution in [2.24, 2.45) is 11.3 Å². The molecule has 0 spiro atoms. The number of hydrogen-bond donors (Lipinski definition) is 2. The topological polar surface area (TPSA) is 79.5 Å². The third-order valence-electron chi connectivity index (χ3n) is 5.23. The molecule has 1 unspecified atom stereocenters. The van der Waals surface area contributed by atoms with Crippen LogP contribution in [0.3, 0.4) is 0 Å². The number of fused-ring (bicyclic) bond motifs is 3. The van der Waals surface area contributed by atoms with Gasteiger partial charge in [0, 0.05) is 16.6 Å². The van der Waals surface area contributed by atoms with E-state index in [4.69, 9.17) is 0 Å². The van der Waals surface area contributed by atoms with Crippen molar-refractivity contribution in [3.63, 3.8) is 0 Å². The third kappa shape index (κ3) is 2.79. The van der Waals surface area contributed by atoms with Crippen molar-refractivity contribution in [2.45, 2.75) is 46.6 Å². The molecule has 1 atom stereocenters. The maximum atomic E-state index is 11.3. The van der Waals surface area contributed by atoms with Gasteiger partial charge in [-0.15, -0.1) is 0 Å². The first kappa shape index (κ1) is 16.6. The van der Waals surface area contributed by atoms with Crippen molar-refractivity contribution in [2.75, 3.05) is 0 Å². The maximum absolute atomic E-state index is 11.3. The van der Waals surface area contributed by atoms with Crippen LogP contribution in [-0.2, 0) is 24.2 Å². The van der Waals surface area contributed by atoms with Gasteiger partial charge in [0.05, 0.1) is 5.56 Å². The quantitative estimate of drug-likeness (QED) is 0.902. The molecule has 0 radical (unpaired) electrons. The maximum Gasteiger partial charge on any atom is 0.335 e. The molecule has 2 aromatic rings. The number of aromatic carboxylic acids is 1. The van der Waals surface area contributed by atoms with Gasteiger partial charge in [-0.05, 0) is 54.4 Å². The highest BCUT2D eigenvalue weighted by Gasteiger charge is 2.32. The van der Waals surface area contributed by atoms with Crippen LogP contribution >= 0.6 is 0 Å². The Morgan fingerprint density at radius 2 is 1.96 bits per heavy atom. The summed E-state index contributed by atoms with van der Waals surface area (Å²) in [5.74, 6) is -1.34. The standard InChI is InChI=1S/C19H23NO4/c1-19(2,3)12-5-7-16-14(9-12)13-8-11(18(23)24)4-6-15(13)20(16)10-17(21)22/h4,6,8,12H,5,7,9-10H2,1-3H3,(H,21,22)(H,23,24). The lowest BCUT2D eigenvalue weighted by Gasteiger charge is -2.34. The second-order valence-electron chi connectivity index (χ2n) is 7.75. The number of nitrogens with zero attached hydrogens (tertiary/aromatic N) is 1. The summed E-state index contributed by atoms with van der Waals surface area (Å²) < 4.78 is 1.84. The van der Waals surface area contributed by atoms with Crippen LogP contribution in [0.2, 0.25) is 0 Å². The Morgan fingerprint density at radius 1 is 1.25 bits per heavy atom. The van der Waals surface area contributed by atoms with Crippen molar-refractivity contribution in [1.29, 1.82) is 0 Å². The van der Waals surface area contributed by atoms with E-state index in [2.05, 4.69) is 20.8 Å². The summed E-state index contributed by atoms with van der Waals surface area (Å²) in [6.07, 6.45) is 2.73. The average Bonchev–Trinajstić information content (AvgIpc) is 2.79. The molecular formula is C19H23NO4. The lowest BCUT2D eigenvalue weighted by atomic mass is 9.71. The first-order valence-electron chi connectivity index (χ1n) is 8.27. The molecule has 1 aromatic carbocycles. The van der Waals surface area contributed by atoms with Gasteiger partial charge in [0.15, 0.2) is 0 Å². The van der Waals surface area contributed by atoms with E-state index in [-0.39, 0.29) is 17.5 Å². The van der Waals surface area contributed by atoms with Gasteiger partial charge >= 0.3 is 11.9 Å². The van der Waals surface area contributed by atoms with Crippen LogP contribution in [-0.4, -0.2) is 26.7 Å². The second-order valence-corrected chi connectivity index (χ2v) is 7.75. The zero-order chi connectivity index (χ0) is 17.6. The lowest BCUT2D eigenvalue weighted by molar-refractivity contribution is -0.137. The van der Waals surface area contributed by atoms with E-state index >= 15 is 0 Å². The largest absolute Gasteiger partial charge is 0.480 e. The molecule has 0 saturated heterocycles. The van der Waals surface area contributed by atoms with Gasteiger partial charge < -0.3 is 14.8 Å². The third-order valence-corrected chi connectivity index (χ3v) is 5.23. The van der Waals surface area contributed by atoms with E-state index in [1.54, 1.807) is 18.2 Å². The highest BCUT2D eigenvalue weighted by atomic mass is 16.4. The van der Waals surface area contributed by atoms with Crippen molar-refractivity contribution in [3.8, 4) is 0 Å². The number of carboxylic acids is 2. The van der Waals surface area contributed by atoms with E-state index in [1.807, 2.05) is 4.57 Å². The van der Waals surface area contributed by atoms with Crippen molar-refractivity contribution in [1.82, 2.24) is 4.57 Å². The van der Waals surface area contributed by atoms with Gasteiger partial charge in [-0.2, -0.15) is 0 Å². The van der Waals surface area contributed by atoms with Crippen LogP contribution in [0.5, 0.6) is 0 Å². The van der Waals surface area contributed by atoms with Gasteiger partial charge in [0.1, 0.15) is 6.54 Å². The molecule has 0 saturated carbocycles. The number of rotatable bonds is 3. The van der Waals surface area contributed by atoms with Crippen molar-refractivity contribution < 1.29 is 19.8 Å². The summed E-state index contributed by atoms with van der Waals surface area (Å²) in [5, 5.41) is 19.4. The Kier molecular flexibility index (Phi) is 3.90. The number of carboxylic acid groups (broad SMARTS) is 2. The zero-order valence-electron chi connectivity index (χ0n) is 14.3. The van der Waals surface area contributed by atoms with Crippen LogP contribution in [0.4, 0.5) is 0 Å². The molecule has 3 rings (SSSR count). The summed E-state index contributed by atoms with van der Waals surface area (Å²) >= 11 is 0. The fourth-order valence-corrected chi connectivity index (χ4v) is 3.84. The first-order chi connectivity index (χ1) is 11.2. The van der Waals surface area contributed by atoms with Crippen LogP contribution in [0.25, 0.3) is 10.9 Å². The zero-order valence-corrected chi connectivity index (χ0v) is 14.3. The Hall–Kier alpha value is -2.30. The molecule has 1 aliphatic carbocycles. The van der Waals surface area contributed by atoms with Gasteiger partial charge in [-0.3, -0.25) is 4.79 Å². The number of benzene rings is 1. The predicted molar refractivity (Wildman–Crippen MR) is 91.5 cm³/mol. The van der Waals surface area contributed by atoms with E-state index in [0.29, 0.717) is 5.92 Å². The van der Waals surface area contributed by atoms with Crippen LogP contribution in [0.1, 0.15) is 48.8 Å². The molecule has 5 nitrogen and oxygen atoms in total. The van der Waals surface area contributed by atoms with E-state index in [0.717, 1.165) is 41.4 Å². The molecule has 1 aromatic heterocycles. The van der Waals surface area contributed by atoms with Gasteiger partial charge in [-0.1, -0.05) is 20.8 Å². The van der Waals surface area contributed by atoms with E-state index < -0.39 is 11.9 Å². The highest BCUT2D eigenvalue weighted by Crippen LogP contribution is 2.41. The van der Waals surface area contributed by atoms with Crippen LogP contribution < -0.4 is 0 Å². The molecular weight excluding hydrogens is 306 g/mol. The lowest BCUT2D eigenvalue weighted by Crippen LogP contribution is -2.27. The minimum Gasteiger partial charge on any atom is -0.480 e. The Balaban J connectivity index is 2.20. The number of hydrogen-bond acceptors (Lipinski definition) is 2. The highest BCUT2D eigenvalue weighted by molar-refractivity contribution is 5.96. The average molecular weight is 329 g/mol. The van der Waals surface area contributed by atoms with Gasteiger partial charge in [-0.25, -0.2) is 4.79 Å². The van der Waals surface area contributed by atoms with Crippen LogP contribution in [0, 0.1) is 11.3 Å². The Bertz CT molecular complexity index is 826. The van der Waals surface area contributed by atoms with Crippen LogP contribution in [0.15, 0.2) is 18.2 Å². The monoisotopic (exact) mass is 329 g/mol. The summed E-state index contributed by atoms with van der Waals surface area (Å²) in [4.78, 5) is 22.6. The molecule has 1 aliphatic rings. The fraction of sp³-hybridized carbons (Fsp3) is 0.474. The van der Waals surface area contributed by atoms with Crippen molar-refractivity contribution in [3.05, 3.63) is 35.0 Å². The smallest absolute Gasteiger partial charge is 0.335 e. The summed E-state index contributed by atoms with van der Waals surface area (Å²) in [5.41, 5.74) is 3.41. The van der Waals surface area contributed by atoms with E-state index in [9.17, 15) is 19.8 Å². The molecule has 2 N–H and O–H groups in total. The van der Waals surface area contributed by atoms with E-state index in [1.165, 1.54) is 0 Å². The fourth-order valence-electron chi connectivity index (χ4n) is 3.84. The second kappa shape index (κ2) is 5.65. The molecule has 5 heteroatoms. The minimum absolute atomic E-state index is 0.0849.